The Labute approximate surface area is 221 Å². The second kappa shape index (κ2) is 9.64. The summed E-state index contributed by atoms with van der Waals surface area (Å²) in [6.45, 7) is 0. The maximum absolute atomic E-state index is 13.6. The van der Waals surface area contributed by atoms with Crippen LogP contribution in [0, 0.1) is 5.82 Å². The Morgan fingerprint density at radius 1 is 1.11 bits per heavy atom. The molecule has 2 aromatic heterocycles. The van der Waals surface area contributed by atoms with Crippen molar-refractivity contribution in [3.8, 4) is 11.3 Å². The van der Waals surface area contributed by atoms with Crippen molar-refractivity contribution in [2.24, 2.45) is 0 Å². The summed E-state index contributed by atoms with van der Waals surface area (Å²) in [4.78, 5) is 6.44. The van der Waals surface area contributed by atoms with Crippen LogP contribution in [0.15, 0.2) is 87.9 Å². The van der Waals surface area contributed by atoms with Crippen molar-refractivity contribution in [2.45, 2.75) is 12.1 Å². The molecule has 7 nitrogen and oxygen atoms in total. The summed E-state index contributed by atoms with van der Waals surface area (Å²) in [6.07, 6.45) is 2.82. The Balaban J connectivity index is 1.56. The van der Waals surface area contributed by atoms with E-state index < -0.39 is 16.1 Å². The summed E-state index contributed by atoms with van der Waals surface area (Å²) < 4.78 is 46.2. The van der Waals surface area contributed by atoms with Crippen LogP contribution in [-0.2, 0) is 10.0 Å². The van der Waals surface area contributed by atoms with E-state index in [1.54, 1.807) is 36.5 Å². The van der Waals surface area contributed by atoms with Gasteiger partial charge in [0.2, 0.25) is 10.0 Å². The largest absolute Gasteiger partial charge is 0.459 e. The van der Waals surface area contributed by atoms with Gasteiger partial charge >= 0.3 is 0 Å². The van der Waals surface area contributed by atoms with Crippen LogP contribution in [0.4, 0.5) is 15.8 Å². The molecule has 0 aliphatic carbocycles. The van der Waals surface area contributed by atoms with E-state index in [0.717, 1.165) is 17.6 Å². The summed E-state index contributed by atoms with van der Waals surface area (Å²) in [5.74, 6) is 0.850. The molecule has 1 aliphatic rings. The highest BCUT2D eigenvalue weighted by atomic mass is 79.9. The molecule has 3 heterocycles. The second-order valence-electron chi connectivity index (χ2n) is 8.24. The normalized spacial score (nSPS) is 17.8. The molecule has 2 N–H and O–H groups in total. The second-order valence-corrected chi connectivity index (χ2v) is 11.2. The smallest absolute Gasteiger partial charge is 0.229 e. The van der Waals surface area contributed by atoms with Gasteiger partial charge in [-0.15, -0.1) is 0 Å². The minimum absolute atomic E-state index is 0.317. The average molecular weight is 587 g/mol. The fraction of sp³-hybridized carbons (Fsp3) is 0.120. The zero-order valence-corrected chi connectivity index (χ0v) is 22.1. The van der Waals surface area contributed by atoms with E-state index in [0.29, 0.717) is 32.4 Å². The fourth-order valence-corrected chi connectivity index (χ4v) is 5.63. The lowest BCUT2D eigenvalue weighted by molar-refractivity contribution is 0.439. The number of pyridine rings is 1. The Kier molecular flexibility index (Phi) is 6.54. The van der Waals surface area contributed by atoms with Gasteiger partial charge in [-0.2, -0.15) is 0 Å². The van der Waals surface area contributed by atoms with Gasteiger partial charge in [-0.05, 0) is 94.9 Å². The number of anilines is 2. The number of nitrogens with one attached hydrogen (secondary N) is 2. The Hall–Kier alpha value is -3.28. The van der Waals surface area contributed by atoms with Crippen molar-refractivity contribution in [3.05, 3.63) is 101 Å². The lowest BCUT2D eigenvalue weighted by atomic mass is 10.0. The monoisotopic (exact) mass is 586 g/mol. The first kappa shape index (κ1) is 24.4. The van der Waals surface area contributed by atoms with E-state index in [1.807, 2.05) is 35.2 Å². The zero-order valence-electron chi connectivity index (χ0n) is 18.9. The number of benzene rings is 2. The summed E-state index contributed by atoms with van der Waals surface area (Å²) in [5.41, 5.74) is 2.69. The Morgan fingerprint density at radius 2 is 1.89 bits per heavy atom. The lowest BCUT2D eigenvalue weighted by Crippen LogP contribution is -2.29. The minimum Gasteiger partial charge on any atom is -0.459 e. The van der Waals surface area contributed by atoms with E-state index in [4.69, 9.17) is 16.6 Å². The third kappa shape index (κ3) is 4.99. The molecule has 0 bridgehead atoms. The van der Waals surface area contributed by atoms with Crippen LogP contribution in [-0.4, -0.2) is 24.8 Å². The maximum Gasteiger partial charge on any atom is 0.229 e. The SMILES string of the molecule is CS(=O)(=O)Nc1ccc(N2C(=S)NC(c3ccccn3)C2c2ccc(-c3ccc(F)cc3Br)o2)cc1. The highest BCUT2D eigenvalue weighted by Crippen LogP contribution is 2.43. The molecule has 2 aromatic carbocycles. The number of hydrogen-bond donors (Lipinski definition) is 2. The van der Waals surface area contributed by atoms with Gasteiger partial charge in [0.15, 0.2) is 5.11 Å². The van der Waals surface area contributed by atoms with Crippen molar-refractivity contribution < 1.29 is 17.2 Å². The molecule has 5 rings (SSSR count). The number of rotatable bonds is 6. The Bertz CT molecular complexity index is 1530. The molecule has 1 aliphatic heterocycles. The molecule has 2 unspecified atom stereocenters. The average Bonchev–Trinajstić information content (AvgIpc) is 3.44. The highest BCUT2D eigenvalue weighted by molar-refractivity contribution is 9.10. The van der Waals surface area contributed by atoms with Crippen molar-refractivity contribution in [3.63, 3.8) is 0 Å². The molecule has 0 spiro atoms. The van der Waals surface area contributed by atoms with Gasteiger partial charge in [-0.1, -0.05) is 6.07 Å². The molecule has 4 aromatic rings. The van der Waals surface area contributed by atoms with E-state index in [1.165, 1.54) is 12.1 Å². The van der Waals surface area contributed by atoms with Gasteiger partial charge in [0.05, 0.1) is 18.0 Å². The number of nitrogens with zero attached hydrogens (tertiary/aromatic N) is 2. The van der Waals surface area contributed by atoms with E-state index in [9.17, 15) is 12.8 Å². The van der Waals surface area contributed by atoms with Crippen LogP contribution in [0.1, 0.15) is 23.5 Å². The standard InChI is InChI=1S/C25H20BrFN4O3S2/c1-36(32,33)30-16-6-8-17(9-7-16)31-24(23(29-25(31)35)20-4-2-3-13-28-20)22-12-11-21(34-22)18-10-5-15(27)14-19(18)26/h2-14,23-24,30H,1H3,(H,29,35). The molecule has 1 saturated heterocycles. The molecule has 2 atom stereocenters. The lowest BCUT2D eigenvalue weighted by Gasteiger charge is -2.26. The summed E-state index contributed by atoms with van der Waals surface area (Å²) in [7, 11) is -3.40. The molecular formula is C25H20BrFN4O3S2. The van der Waals surface area contributed by atoms with Crippen LogP contribution in [0.2, 0.25) is 0 Å². The van der Waals surface area contributed by atoms with E-state index >= 15 is 0 Å². The number of halogens is 2. The molecule has 11 heteroatoms. The van der Waals surface area contributed by atoms with Crippen LogP contribution >= 0.6 is 28.1 Å². The topological polar surface area (TPSA) is 87.5 Å². The zero-order chi connectivity index (χ0) is 25.4. The quantitative estimate of drug-likeness (QED) is 0.276. The summed E-state index contributed by atoms with van der Waals surface area (Å²) in [5, 5.41) is 3.83. The van der Waals surface area contributed by atoms with E-state index in [-0.39, 0.29) is 11.9 Å². The summed E-state index contributed by atoms with van der Waals surface area (Å²) >= 11 is 9.13. The van der Waals surface area contributed by atoms with Crippen molar-refractivity contribution in [1.29, 1.82) is 0 Å². The first-order valence-electron chi connectivity index (χ1n) is 10.8. The number of sulfonamides is 1. The number of aromatic nitrogens is 1. The number of hydrogen-bond acceptors (Lipinski definition) is 5. The molecule has 0 radical (unpaired) electrons. The minimum atomic E-state index is -3.40. The predicted molar refractivity (Wildman–Crippen MR) is 145 cm³/mol. The van der Waals surface area contributed by atoms with Crippen molar-refractivity contribution in [1.82, 2.24) is 10.3 Å². The third-order valence-electron chi connectivity index (χ3n) is 5.66. The molecule has 184 valence electrons. The number of furan rings is 1. The summed E-state index contributed by atoms with van der Waals surface area (Å²) in [6, 6.07) is 20.0. The third-order valence-corrected chi connectivity index (χ3v) is 7.24. The van der Waals surface area contributed by atoms with Gasteiger partial charge in [-0.3, -0.25) is 9.71 Å². The van der Waals surface area contributed by atoms with Gasteiger partial charge < -0.3 is 14.6 Å². The molecule has 0 amide bonds. The first-order chi connectivity index (χ1) is 17.2. The predicted octanol–water partition coefficient (Wildman–Crippen LogP) is 5.79. The molecule has 0 saturated carbocycles. The number of thiocarbonyl (C=S) groups is 1. The molecular weight excluding hydrogens is 567 g/mol. The fourth-order valence-electron chi connectivity index (χ4n) is 4.17. The molecule has 1 fully saturated rings. The van der Waals surface area contributed by atoms with Gasteiger partial charge in [0.25, 0.3) is 0 Å². The van der Waals surface area contributed by atoms with Crippen LogP contribution in [0.25, 0.3) is 11.3 Å². The van der Waals surface area contributed by atoms with Crippen LogP contribution in [0.3, 0.4) is 0 Å². The first-order valence-corrected chi connectivity index (χ1v) is 13.9. The van der Waals surface area contributed by atoms with Crippen molar-refractivity contribution >= 4 is 54.7 Å². The Morgan fingerprint density at radius 3 is 2.56 bits per heavy atom. The van der Waals surface area contributed by atoms with Gasteiger partial charge in [-0.25, -0.2) is 12.8 Å². The van der Waals surface area contributed by atoms with Crippen LogP contribution < -0.4 is 14.9 Å². The van der Waals surface area contributed by atoms with Gasteiger partial charge in [0.1, 0.15) is 23.4 Å². The maximum atomic E-state index is 13.6. The van der Waals surface area contributed by atoms with Crippen molar-refractivity contribution in [2.75, 3.05) is 15.9 Å². The highest BCUT2D eigenvalue weighted by Gasteiger charge is 2.42. The van der Waals surface area contributed by atoms with E-state index in [2.05, 4.69) is 31.0 Å². The van der Waals surface area contributed by atoms with Gasteiger partial charge in [0, 0.05) is 27.6 Å². The molecule has 36 heavy (non-hydrogen) atoms. The van der Waals surface area contributed by atoms with Crippen LogP contribution in [0.5, 0.6) is 0 Å².